The van der Waals surface area contributed by atoms with Gasteiger partial charge >= 0.3 is 0 Å². The zero-order valence-corrected chi connectivity index (χ0v) is 35.4. The number of nitrogens with zero attached hydrogens (tertiary/aromatic N) is 1. The number of fused-ring (bicyclic) bond motifs is 14. The van der Waals surface area contributed by atoms with Crippen molar-refractivity contribution in [3.8, 4) is 22.3 Å². The summed E-state index contributed by atoms with van der Waals surface area (Å²) < 4.78 is 2.05. The van der Waals surface area contributed by atoms with Gasteiger partial charge in [0.1, 0.15) is 0 Å². The van der Waals surface area contributed by atoms with E-state index in [1.54, 1.807) is 11.3 Å². The quantitative estimate of drug-likeness (QED) is 0.155. The van der Waals surface area contributed by atoms with Crippen molar-refractivity contribution in [2.24, 2.45) is 0 Å². The first-order chi connectivity index (χ1) is 27.7. The first-order valence-corrected chi connectivity index (χ1v) is 21.5. The van der Waals surface area contributed by atoms with Crippen molar-refractivity contribution in [3.05, 3.63) is 194 Å². The molecule has 7 aromatic carbocycles. The molecule has 58 heavy (non-hydrogen) atoms. The van der Waals surface area contributed by atoms with E-state index in [2.05, 4.69) is 182 Å². The lowest BCUT2D eigenvalue weighted by Gasteiger charge is -2.45. The third-order valence-electron chi connectivity index (χ3n) is 13.6. The molecular weight excluding hydrogens is 723 g/mol. The van der Waals surface area contributed by atoms with Gasteiger partial charge in [0.25, 0.3) is 0 Å². The van der Waals surface area contributed by atoms with Crippen molar-refractivity contribution < 1.29 is 0 Å². The number of benzene rings is 7. The highest BCUT2D eigenvalue weighted by molar-refractivity contribution is 7.24. The number of hydrogen-bond acceptors (Lipinski definition) is 3. The van der Waals surface area contributed by atoms with Gasteiger partial charge in [-0.15, -0.1) is 11.3 Å². The average molecular weight is 770 g/mol. The maximum Gasteiger partial charge on any atom is 0.195 e. The number of anilines is 3. The Morgan fingerprint density at radius 1 is 0.466 bits per heavy atom. The molecule has 0 radical (unpaired) electrons. The van der Waals surface area contributed by atoms with Crippen LogP contribution in [0.25, 0.3) is 42.4 Å². The van der Waals surface area contributed by atoms with E-state index in [9.17, 15) is 4.79 Å². The van der Waals surface area contributed by atoms with Crippen LogP contribution in [0.3, 0.4) is 0 Å². The van der Waals surface area contributed by atoms with Crippen LogP contribution in [0, 0.1) is 0 Å². The SMILES string of the molecule is CC(C)(C)c1ccc2c(c1)C(C)(C)c1cc(C(C)(C)C)cc(N3c4ccccc4C4(c5ccccc5-c5cc6sc7ccccc7c(=O)c6cc54)c4ccccc43)c1-2. The first-order valence-electron chi connectivity index (χ1n) is 20.6. The van der Waals surface area contributed by atoms with Crippen LogP contribution in [0.15, 0.2) is 144 Å². The molecule has 1 spiro atoms. The minimum absolute atomic E-state index is 0.0398. The fraction of sp³-hybridized carbons (Fsp3) is 0.218. The average Bonchev–Trinajstić information content (AvgIpc) is 3.61. The van der Waals surface area contributed by atoms with E-state index in [1.165, 1.54) is 83.8 Å². The highest BCUT2D eigenvalue weighted by Crippen LogP contribution is 2.65. The Labute approximate surface area is 345 Å². The summed E-state index contributed by atoms with van der Waals surface area (Å²) in [5.74, 6) is 0. The smallest absolute Gasteiger partial charge is 0.195 e. The zero-order chi connectivity index (χ0) is 40.1. The number of rotatable bonds is 1. The Hall–Kier alpha value is -5.77. The summed E-state index contributed by atoms with van der Waals surface area (Å²) in [7, 11) is 0. The maximum absolute atomic E-state index is 14.4. The minimum Gasteiger partial charge on any atom is -0.309 e. The Balaban J connectivity index is 1.25. The molecular formula is C55H47NOS. The van der Waals surface area contributed by atoms with Crippen LogP contribution in [0.1, 0.15) is 99.9 Å². The molecule has 0 unspecified atom stereocenters. The van der Waals surface area contributed by atoms with Crippen LogP contribution < -0.4 is 10.3 Å². The molecule has 0 saturated carbocycles. The van der Waals surface area contributed by atoms with Gasteiger partial charge in [-0.1, -0.05) is 152 Å². The third kappa shape index (κ3) is 4.57. The fourth-order valence-corrected chi connectivity index (χ4v) is 11.7. The normalized spacial score (nSPS) is 15.6. The van der Waals surface area contributed by atoms with Gasteiger partial charge in [0.05, 0.1) is 22.5 Å². The number of hydrogen-bond donors (Lipinski definition) is 0. The molecule has 3 aliphatic rings. The predicted molar refractivity (Wildman–Crippen MR) is 246 cm³/mol. The molecule has 2 nitrogen and oxygen atoms in total. The Bertz CT molecular complexity index is 3100. The monoisotopic (exact) mass is 769 g/mol. The standard InChI is InChI=1S/C55H47NOS/c1-52(2,3)32-25-26-35-42(27-32)54(7,8)44-28-33(53(4,5)6)29-47(50(35)44)56-45-22-14-12-20-40(45)55(41-21-13-15-23-46(41)56)39-19-11-9-17-34(39)37-31-49-38(30-43(37)55)51(57)36-18-10-16-24-48(36)58-49/h9-31H,1-8H3. The van der Waals surface area contributed by atoms with E-state index < -0.39 is 5.41 Å². The molecule has 2 aliphatic carbocycles. The molecule has 1 aliphatic heterocycles. The second kappa shape index (κ2) is 11.7. The molecule has 8 aromatic rings. The summed E-state index contributed by atoms with van der Waals surface area (Å²) in [4.78, 5) is 17.0. The fourth-order valence-electron chi connectivity index (χ4n) is 10.6. The summed E-state index contributed by atoms with van der Waals surface area (Å²) in [5.41, 5.74) is 18.2. The molecule has 11 rings (SSSR count). The van der Waals surface area contributed by atoms with Crippen LogP contribution in [-0.4, -0.2) is 0 Å². The molecule has 2 heterocycles. The maximum atomic E-state index is 14.4. The summed E-state index contributed by atoms with van der Waals surface area (Å²) in [6.45, 7) is 18.8. The lowest BCUT2D eigenvalue weighted by atomic mass is 9.64. The Morgan fingerprint density at radius 2 is 1.07 bits per heavy atom. The van der Waals surface area contributed by atoms with Crippen LogP contribution in [0.4, 0.5) is 17.1 Å². The van der Waals surface area contributed by atoms with E-state index in [-0.39, 0.29) is 21.7 Å². The van der Waals surface area contributed by atoms with E-state index >= 15 is 0 Å². The highest BCUT2D eigenvalue weighted by Gasteiger charge is 2.52. The molecule has 0 fully saturated rings. The molecule has 0 bridgehead atoms. The zero-order valence-electron chi connectivity index (χ0n) is 34.5. The predicted octanol–water partition coefficient (Wildman–Crippen LogP) is 14.5. The van der Waals surface area contributed by atoms with Gasteiger partial charge in [-0.2, -0.15) is 0 Å². The summed E-state index contributed by atoms with van der Waals surface area (Å²) >= 11 is 1.71. The van der Waals surface area contributed by atoms with Crippen molar-refractivity contribution in [3.63, 3.8) is 0 Å². The molecule has 0 saturated heterocycles. The number of para-hydroxylation sites is 2. The van der Waals surface area contributed by atoms with Gasteiger partial charge in [-0.3, -0.25) is 4.79 Å². The van der Waals surface area contributed by atoms with Gasteiger partial charge in [0, 0.05) is 31.2 Å². The van der Waals surface area contributed by atoms with Crippen molar-refractivity contribution in [1.29, 1.82) is 0 Å². The molecule has 284 valence electrons. The molecule has 1 aromatic heterocycles. The topological polar surface area (TPSA) is 20.3 Å². The first kappa shape index (κ1) is 35.4. The third-order valence-corrected chi connectivity index (χ3v) is 14.7. The van der Waals surface area contributed by atoms with E-state index in [1.807, 2.05) is 18.2 Å². The summed E-state index contributed by atoms with van der Waals surface area (Å²) in [6, 6.07) is 51.9. The minimum atomic E-state index is -0.643. The van der Waals surface area contributed by atoms with E-state index in [4.69, 9.17) is 0 Å². The van der Waals surface area contributed by atoms with Gasteiger partial charge < -0.3 is 4.90 Å². The van der Waals surface area contributed by atoms with Gasteiger partial charge in [0.2, 0.25) is 0 Å². The van der Waals surface area contributed by atoms with Crippen LogP contribution in [0.5, 0.6) is 0 Å². The van der Waals surface area contributed by atoms with Crippen molar-refractivity contribution in [2.45, 2.75) is 77.0 Å². The van der Waals surface area contributed by atoms with Crippen LogP contribution in [0.2, 0.25) is 0 Å². The van der Waals surface area contributed by atoms with Gasteiger partial charge in [-0.25, -0.2) is 0 Å². The van der Waals surface area contributed by atoms with Crippen molar-refractivity contribution >= 4 is 48.6 Å². The molecule has 0 atom stereocenters. The Kier molecular flexibility index (Phi) is 7.12. The highest BCUT2D eigenvalue weighted by atomic mass is 32.1. The van der Waals surface area contributed by atoms with Gasteiger partial charge in [-0.05, 0) is 114 Å². The molecule has 0 N–H and O–H groups in total. The summed E-state index contributed by atoms with van der Waals surface area (Å²) in [6.07, 6.45) is 0. The lowest BCUT2D eigenvalue weighted by Crippen LogP contribution is -2.36. The Morgan fingerprint density at radius 3 is 1.76 bits per heavy atom. The van der Waals surface area contributed by atoms with Crippen molar-refractivity contribution in [2.75, 3.05) is 4.90 Å². The lowest BCUT2D eigenvalue weighted by molar-refractivity contribution is 0.580. The van der Waals surface area contributed by atoms with Crippen molar-refractivity contribution in [1.82, 2.24) is 0 Å². The van der Waals surface area contributed by atoms with E-state index in [0.29, 0.717) is 0 Å². The molecule has 0 amide bonds. The van der Waals surface area contributed by atoms with Crippen LogP contribution in [-0.2, 0) is 21.7 Å². The second-order valence-electron chi connectivity index (χ2n) is 19.3. The van der Waals surface area contributed by atoms with Crippen LogP contribution >= 0.6 is 11.3 Å². The molecule has 3 heteroatoms. The summed E-state index contributed by atoms with van der Waals surface area (Å²) in [5, 5.41) is 1.57. The largest absolute Gasteiger partial charge is 0.309 e. The van der Waals surface area contributed by atoms with Gasteiger partial charge in [0.15, 0.2) is 5.43 Å². The van der Waals surface area contributed by atoms with E-state index in [0.717, 1.165) is 20.2 Å². The second-order valence-corrected chi connectivity index (χ2v) is 20.4.